The monoisotopic (exact) mass is 462 g/mol. The Balaban J connectivity index is 1.82. The molecule has 0 aliphatic rings. The van der Waals surface area contributed by atoms with Crippen LogP contribution in [0, 0.1) is 0 Å². The minimum Gasteiger partial charge on any atom is -0.497 e. The van der Waals surface area contributed by atoms with Crippen LogP contribution in [0.1, 0.15) is 17.5 Å². The van der Waals surface area contributed by atoms with Gasteiger partial charge in [-0.1, -0.05) is 60.7 Å². The molecule has 3 aromatic carbocycles. The van der Waals surface area contributed by atoms with E-state index in [1.807, 2.05) is 84.9 Å². The predicted molar refractivity (Wildman–Crippen MR) is 133 cm³/mol. The van der Waals surface area contributed by atoms with Gasteiger partial charge in [0.2, 0.25) is 11.8 Å². The third kappa shape index (κ3) is 7.39. The lowest BCUT2D eigenvalue weighted by Gasteiger charge is -2.31. The van der Waals surface area contributed by atoms with Crippen molar-refractivity contribution >= 4 is 23.6 Å². The first kappa shape index (κ1) is 24.4. The van der Waals surface area contributed by atoms with Crippen LogP contribution < -0.4 is 10.1 Å². The number of likely N-dealkylation sites (N-methyl/N-ethyl adjacent to an activating group) is 1. The van der Waals surface area contributed by atoms with E-state index in [-0.39, 0.29) is 11.8 Å². The summed E-state index contributed by atoms with van der Waals surface area (Å²) in [5, 5.41) is 2.75. The molecule has 0 unspecified atom stereocenters. The van der Waals surface area contributed by atoms with E-state index < -0.39 is 6.04 Å². The van der Waals surface area contributed by atoms with Gasteiger partial charge in [0.05, 0.1) is 7.11 Å². The predicted octanol–water partition coefficient (Wildman–Crippen LogP) is 4.56. The summed E-state index contributed by atoms with van der Waals surface area (Å²) in [5.41, 5.74) is 1.92. The van der Waals surface area contributed by atoms with Crippen LogP contribution in [0.4, 0.5) is 0 Å². The van der Waals surface area contributed by atoms with Crippen molar-refractivity contribution in [3.05, 3.63) is 96.1 Å². The molecular weight excluding hydrogens is 432 g/mol. The molecule has 33 heavy (non-hydrogen) atoms. The van der Waals surface area contributed by atoms with Crippen LogP contribution in [0.3, 0.4) is 0 Å². The molecule has 172 valence electrons. The quantitative estimate of drug-likeness (QED) is 0.424. The number of carbonyl (C=O) groups excluding carboxylic acids is 2. The minimum absolute atomic E-state index is 0.0502. The maximum absolute atomic E-state index is 13.4. The lowest BCUT2D eigenvalue weighted by molar-refractivity contribution is -0.140. The molecule has 6 heteroatoms. The fourth-order valence-electron chi connectivity index (χ4n) is 3.60. The average Bonchev–Trinajstić information content (AvgIpc) is 2.87. The van der Waals surface area contributed by atoms with E-state index in [0.717, 1.165) is 21.8 Å². The molecule has 0 aliphatic heterocycles. The van der Waals surface area contributed by atoms with Crippen molar-refractivity contribution in [2.75, 3.05) is 19.9 Å². The molecule has 0 aliphatic carbocycles. The van der Waals surface area contributed by atoms with Crippen LogP contribution in [0.15, 0.2) is 89.8 Å². The summed E-state index contributed by atoms with van der Waals surface area (Å²) >= 11 is 1.64. The number of nitrogens with zero attached hydrogens (tertiary/aromatic N) is 1. The Morgan fingerprint density at radius 2 is 1.61 bits per heavy atom. The summed E-state index contributed by atoms with van der Waals surface area (Å²) in [6.45, 7) is 0.330. The largest absolute Gasteiger partial charge is 0.497 e. The number of rotatable bonds is 11. The van der Waals surface area contributed by atoms with Gasteiger partial charge in [0, 0.05) is 37.1 Å². The zero-order valence-corrected chi connectivity index (χ0v) is 19.9. The van der Waals surface area contributed by atoms with Gasteiger partial charge in [0.15, 0.2) is 0 Å². The van der Waals surface area contributed by atoms with Crippen LogP contribution in [-0.4, -0.2) is 42.7 Å². The third-order valence-electron chi connectivity index (χ3n) is 5.33. The number of ether oxygens (including phenoxy) is 1. The SMILES string of the molecule is CNC(=O)[C@@H](Cc1ccccc1)N(Cc1cccc(OC)c1)C(=O)CCSc1ccccc1. The van der Waals surface area contributed by atoms with E-state index in [1.54, 1.807) is 30.8 Å². The highest BCUT2D eigenvalue weighted by molar-refractivity contribution is 7.99. The van der Waals surface area contributed by atoms with Gasteiger partial charge in [-0.25, -0.2) is 0 Å². The van der Waals surface area contributed by atoms with Crippen molar-refractivity contribution in [1.82, 2.24) is 10.2 Å². The Labute approximate surface area is 200 Å². The number of thioether (sulfide) groups is 1. The second-order valence-electron chi connectivity index (χ2n) is 7.60. The molecule has 0 radical (unpaired) electrons. The first-order valence-electron chi connectivity index (χ1n) is 11.0. The number of hydrogen-bond donors (Lipinski definition) is 1. The topological polar surface area (TPSA) is 58.6 Å². The Morgan fingerprint density at radius 1 is 0.939 bits per heavy atom. The molecule has 0 aromatic heterocycles. The zero-order valence-electron chi connectivity index (χ0n) is 19.1. The van der Waals surface area contributed by atoms with Gasteiger partial charge in [-0.3, -0.25) is 9.59 Å². The lowest BCUT2D eigenvalue weighted by atomic mass is 10.0. The first-order valence-corrected chi connectivity index (χ1v) is 11.9. The number of methoxy groups -OCH3 is 1. The van der Waals surface area contributed by atoms with Crippen LogP contribution in [0.2, 0.25) is 0 Å². The highest BCUT2D eigenvalue weighted by Gasteiger charge is 2.29. The van der Waals surface area contributed by atoms with E-state index in [1.165, 1.54) is 0 Å². The summed E-state index contributed by atoms with van der Waals surface area (Å²) in [5.74, 6) is 1.14. The van der Waals surface area contributed by atoms with Gasteiger partial charge in [0.1, 0.15) is 11.8 Å². The Bertz CT molecular complexity index is 1030. The van der Waals surface area contributed by atoms with Crippen molar-refractivity contribution in [1.29, 1.82) is 0 Å². The fourth-order valence-corrected chi connectivity index (χ4v) is 4.47. The number of amides is 2. The highest BCUT2D eigenvalue weighted by atomic mass is 32.2. The summed E-state index contributed by atoms with van der Waals surface area (Å²) in [7, 11) is 3.23. The van der Waals surface area contributed by atoms with Gasteiger partial charge < -0.3 is 15.0 Å². The van der Waals surface area contributed by atoms with Gasteiger partial charge in [-0.2, -0.15) is 0 Å². The van der Waals surface area contributed by atoms with Crippen LogP contribution >= 0.6 is 11.8 Å². The molecule has 0 saturated heterocycles. The summed E-state index contributed by atoms with van der Waals surface area (Å²) in [6, 6.07) is 26.8. The zero-order chi connectivity index (χ0) is 23.5. The van der Waals surface area contributed by atoms with Gasteiger partial charge in [-0.15, -0.1) is 11.8 Å². The molecular formula is C27H30N2O3S. The van der Waals surface area contributed by atoms with Gasteiger partial charge in [-0.05, 0) is 35.4 Å². The number of carbonyl (C=O) groups is 2. The van der Waals surface area contributed by atoms with Crippen LogP contribution in [0.25, 0.3) is 0 Å². The maximum atomic E-state index is 13.4. The molecule has 0 bridgehead atoms. The van der Waals surface area contributed by atoms with Gasteiger partial charge in [0.25, 0.3) is 0 Å². The summed E-state index contributed by atoms with van der Waals surface area (Å²) in [4.78, 5) is 29.2. The van der Waals surface area contributed by atoms with Crippen LogP contribution in [0.5, 0.6) is 5.75 Å². The van der Waals surface area contributed by atoms with Crippen molar-refractivity contribution in [3.8, 4) is 5.75 Å². The van der Waals surface area contributed by atoms with Crippen molar-refractivity contribution < 1.29 is 14.3 Å². The van der Waals surface area contributed by atoms with Crippen molar-refractivity contribution in [2.24, 2.45) is 0 Å². The third-order valence-corrected chi connectivity index (χ3v) is 6.35. The standard InChI is InChI=1S/C27H30N2O3S/c1-28-27(31)25(19-21-10-5-3-6-11-21)29(20-22-12-9-13-23(18-22)32-2)26(30)16-17-33-24-14-7-4-8-15-24/h3-15,18,25H,16-17,19-20H2,1-2H3,(H,28,31)/t25-/m1/s1. The second-order valence-corrected chi connectivity index (χ2v) is 8.77. The Hall–Kier alpha value is -3.25. The number of nitrogens with one attached hydrogen (secondary N) is 1. The van der Waals surface area contributed by atoms with E-state index in [9.17, 15) is 9.59 Å². The first-order chi connectivity index (χ1) is 16.1. The molecule has 5 nitrogen and oxygen atoms in total. The summed E-state index contributed by atoms with van der Waals surface area (Å²) in [6.07, 6.45) is 0.786. The maximum Gasteiger partial charge on any atom is 0.242 e. The van der Waals surface area contributed by atoms with Crippen molar-refractivity contribution in [2.45, 2.75) is 30.3 Å². The highest BCUT2D eigenvalue weighted by Crippen LogP contribution is 2.22. The Morgan fingerprint density at radius 3 is 2.27 bits per heavy atom. The van der Waals surface area contributed by atoms with E-state index in [0.29, 0.717) is 25.1 Å². The Kier molecular flexibility index (Phi) is 9.39. The summed E-state index contributed by atoms with van der Waals surface area (Å²) < 4.78 is 5.35. The number of benzene rings is 3. The van der Waals surface area contributed by atoms with E-state index in [2.05, 4.69) is 5.32 Å². The molecule has 0 heterocycles. The molecule has 1 N–H and O–H groups in total. The van der Waals surface area contributed by atoms with Gasteiger partial charge >= 0.3 is 0 Å². The molecule has 0 saturated carbocycles. The normalized spacial score (nSPS) is 11.5. The molecule has 0 spiro atoms. The van der Waals surface area contributed by atoms with E-state index in [4.69, 9.17) is 4.74 Å². The minimum atomic E-state index is -0.613. The average molecular weight is 463 g/mol. The fraction of sp³-hybridized carbons (Fsp3) is 0.259. The molecule has 3 rings (SSSR count). The second kappa shape index (κ2) is 12.7. The van der Waals surface area contributed by atoms with Crippen molar-refractivity contribution in [3.63, 3.8) is 0 Å². The van der Waals surface area contributed by atoms with E-state index >= 15 is 0 Å². The molecule has 3 aromatic rings. The smallest absolute Gasteiger partial charge is 0.242 e. The molecule has 0 fully saturated rings. The molecule has 1 atom stereocenters. The molecule has 2 amide bonds. The number of hydrogen-bond acceptors (Lipinski definition) is 4. The lowest BCUT2D eigenvalue weighted by Crippen LogP contribution is -2.49. The van der Waals surface area contributed by atoms with Crippen LogP contribution in [-0.2, 0) is 22.6 Å².